The normalized spacial score (nSPS) is 11.3. The Morgan fingerprint density at radius 1 is 1.13 bits per heavy atom. The third kappa shape index (κ3) is 6.25. The average molecular weight is 462 g/mol. The molecule has 31 heavy (non-hydrogen) atoms. The molecule has 2 aromatic carbocycles. The number of rotatable bonds is 8. The average Bonchev–Trinajstić information content (AvgIpc) is 3.12. The van der Waals surface area contributed by atoms with Crippen molar-refractivity contribution in [1.82, 2.24) is 10.3 Å². The lowest BCUT2D eigenvalue weighted by Crippen LogP contribution is -2.29. The first kappa shape index (κ1) is 22.7. The number of carbonyl (C=O) groups excluding carboxylic acids is 2. The van der Waals surface area contributed by atoms with Crippen molar-refractivity contribution in [2.24, 2.45) is 0 Å². The van der Waals surface area contributed by atoms with Crippen LogP contribution >= 0.6 is 11.3 Å². The number of sulfone groups is 1. The molecule has 3 rings (SSSR count). The number of ether oxygens (including phenoxy) is 1. The molecular weight excluding hydrogens is 438 g/mol. The van der Waals surface area contributed by atoms with Crippen LogP contribution in [-0.4, -0.2) is 44.8 Å². The molecule has 0 fully saturated rings. The number of benzene rings is 2. The first-order chi connectivity index (χ1) is 14.8. The Balaban J connectivity index is 1.65. The van der Waals surface area contributed by atoms with Gasteiger partial charge in [-0.05, 0) is 48.7 Å². The maximum absolute atomic E-state index is 12.1. The van der Waals surface area contributed by atoms with E-state index in [1.165, 1.54) is 17.6 Å². The zero-order valence-electron chi connectivity index (χ0n) is 17.2. The lowest BCUT2D eigenvalue weighted by molar-refractivity contribution is -0.143. The summed E-state index contributed by atoms with van der Waals surface area (Å²) >= 11 is 1.32. The van der Waals surface area contributed by atoms with Gasteiger partial charge in [0.1, 0.15) is 0 Å². The molecule has 2 amide bonds. The van der Waals surface area contributed by atoms with E-state index in [9.17, 15) is 18.0 Å². The van der Waals surface area contributed by atoms with Gasteiger partial charge in [0.25, 0.3) is 0 Å². The van der Waals surface area contributed by atoms with Crippen LogP contribution in [0.5, 0.6) is 0 Å². The number of carbonyl (C=O) groups is 2. The van der Waals surface area contributed by atoms with Crippen LogP contribution in [0.25, 0.3) is 21.3 Å². The monoisotopic (exact) mass is 461 g/mol. The molecule has 0 spiro atoms. The number of aromatic nitrogens is 1. The van der Waals surface area contributed by atoms with Gasteiger partial charge in [0, 0.05) is 19.2 Å². The molecule has 1 heterocycles. The first-order valence-electron chi connectivity index (χ1n) is 9.68. The summed E-state index contributed by atoms with van der Waals surface area (Å²) < 4.78 is 29.3. The van der Waals surface area contributed by atoms with Gasteiger partial charge < -0.3 is 10.1 Å². The third-order valence-corrected chi connectivity index (χ3v) is 6.40. The van der Waals surface area contributed by atoms with Crippen molar-refractivity contribution in [1.29, 1.82) is 0 Å². The molecule has 0 atom stereocenters. The van der Waals surface area contributed by atoms with Crippen molar-refractivity contribution in [3.8, 4) is 11.1 Å². The molecule has 164 valence electrons. The Morgan fingerprint density at radius 2 is 1.90 bits per heavy atom. The smallest absolute Gasteiger partial charge is 0.321 e. The van der Waals surface area contributed by atoms with Gasteiger partial charge in [-0.25, -0.2) is 18.2 Å². The van der Waals surface area contributed by atoms with Crippen LogP contribution in [0.15, 0.2) is 47.4 Å². The predicted octanol–water partition coefficient (Wildman–Crippen LogP) is 3.83. The Bertz CT molecular complexity index is 1200. The third-order valence-electron chi connectivity index (χ3n) is 4.35. The maximum atomic E-state index is 12.1. The highest BCUT2D eigenvalue weighted by Crippen LogP contribution is 2.31. The summed E-state index contributed by atoms with van der Waals surface area (Å²) in [6, 6.07) is 12.0. The van der Waals surface area contributed by atoms with Crippen molar-refractivity contribution < 1.29 is 22.7 Å². The van der Waals surface area contributed by atoms with Crippen molar-refractivity contribution in [2.45, 2.75) is 24.7 Å². The van der Waals surface area contributed by atoms with Crippen LogP contribution in [0, 0.1) is 0 Å². The molecule has 10 heteroatoms. The van der Waals surface area contributed by atoms with Crippen molar-refractivity contribution in [3.63, 3.8) is 0 Å². The lowest BCUT2D eigenvalue weighted by atomic mass is 10.1. The van der Waals surface area contributed by atoms with E-state index in [2.05, 4.69) is 15.6 Å². The highest BCUT2D eigenvalue weighted by Gasteiger charge is 2.11. The Morgan fingerprint density at radius 3 is 2.65 bits per heavy atom. The first-order valence-corrected chi connectivity index (χ1v) is 12.4. The summed E-state index contributed by atoms with van der Waals surface area (Å²) in [4.78, 5) is 28.0. The van der Waals surface area contributed by atoms with E-state index in [1.54, 1.807) is 25.1 Å². The van der Waals surface area contributed by atoms with Crippen molar-refractivity contribution in [3.05, 3.63) is 42.5 Å². The van der Waals surface area contributed by atoms with E-state index in [4.69, 9.17) is 4.74 Å². The standard InChI is InChI=1S/C21H23N3O5S2/c1-3-29-19(25)8-5-11-22-20(26)24-21-23-17-10-9-15(13-18(17)30-21)14-6-4-7-16(12-14)31(2,27)28/h4,6-7,9-10,12-13H,3,5,8,11H2,1-2H3,(H2,22,23,24,26). The van der Waals surface area contributed by atoms with Crippen LogP contribution < -0.4 is 10.6 Å². The second-order valence-corrected chi connectivity index (χ2v) is 9.84. The van der Waals surface area contributed by atoms with Crippen LogP contribution in [0.1, 0.15) is 19.8 Å². The predicted molar refractivity (Wildman–Crippen MR) is 121 cm³/mol. The number of thiazole rings is 1. The molecule has 8 nitrogen and oxygen atoms in total. The molecular formula is C21H23N3O5S2. The van der Waals surface area contributed by atoms with E-state index in [0.717, 1.165) is 21.3 Å². The van der Waals surface area contributed by atoms with Crippen molar-refractivity contribution >= 4 is 48.5 Å². The van der Waals surface area contributed by atoms with Gasteiger partial charge in [0.05, 0.1) is 21.7 Å². The van der Waals surface area contributed by atoms with Gasteiger partial charge in [0.2, 0.25) is 0 Å². The fraction of sp³-hybridized carbons (Fsp3) is 0.286. The highest BCUT2D eigenvalue weighted by atomic mass is 32.2. The van der Waals surface area contributed by atoms with Gasteiger partial charge in [-0.15, -0.1) is 0 Å². The molecule has 0 radical (unpaired) electrons. The van der Waals surface area contributed by atoms with Crippen molar-refractivity contribution in [2.75, 3.05) is 24.7 Å². The zero-order chi connectivity index (χ0) is 22.4. The number of fused-ring (bicyclic) bond motifs is 1. The zero-order valence-corrected chi connectivity index (χ0v) is 18.8. The molecule has 0 bridgehead atoms. The number of esters is 1. The second kappa shape index (κ2) is 9.88. The van der Waals surface area contributed by atoms with Gasteiger partial charge in [-0.2, -0.15) is 0 Å². The van der Waals surface area contributed by atoms with E-state index < -0.39 is 15.9 Å². The number of amides is 2. The molecule has 3 aromatic rings. The number of anilines is 1. The minimum Gasteiger partial charge on any atom is -0.466 e. The fourth-order valence-electron chi connectivity index (χ4n) is 2.87. The van der Waals surface area contributed by atoms with Gasteiger partial charge in [-0.3, -0.25) is 10.1 Å². The number of nitrogens with one attached hydrogen (secondary N) is 2. The molecule has 0 saturated carbocycles. The molecule has 0 aliphatic heterocycles. The summed E-state index contributed by atoms with van der Waals surface area (Å²) in [7, 11) is -3.29. The Labute approximate surface area is 184 Å². The molecule has 1 aromatic heterocycles. The summed E-state index contributed by atoms with van der Waals surface area (Å²) in [6.07, 6.45) is 1.92. The highest BCUT2D eigenvalue weighted by molar-refractivity contribution is 7.90. The summed E-state index contributed by atoms with van der Waals surface area (Å²) in [5.41, 5.74) is 2.37. The molecule has 0 unspecified atom stereocenters. The summed E-state index contributed by atoms with van der Waals surface area (Å²) in [5, 5.41) is 5.82. The number of nitrogens with zero attached hydrogens (tertiary/aromatic N) is 1. The Hall–Kier alpha value is -2.98. The Kier molecular flexibility index (Phi) is 7.24. The van der Waals surface area contributed by atoms with Gasteiger partial charge in [0.15, 0.2) is 15.0 Å². The largest absolute Gasteiger partial charge is 0.466 e. The fourth-order valence-corrected chi connectivity index (χ4v) is 4.44. The second-order valence-electron chi connectivity index (χ2n) is 6.79. The van der Waals surface area contributed by atoms with Crippen LogP contribution in [0.4, 0.5) is 9.93 Å². The molecule has 0 aliphatic rings. The molecule has 2 N–H and O–H groups in total. The SMILES string of the molecule is CCOC(=O)CCCNC(=O)Nc1nc2ccc(-c3cccc(S(C)(=O)=O)c3)cc2s1. The van der Waals surface area contributed by atoms with E-state index in [0.29, 0.717) is 24.7 Å². The van der Waals surface area contributed by atoms with Crippen LogP contribution in [0.3, 0.4) is 0 Å². The quantitative estimate of drug-likeness (QED) is 0.389. The number of hydrogen-bond donors (Lipinski definition) is 2. The van der Waals surface area contributed by atoms with E-state index >= 15 is 0 Å². The molecule has 0 saturated heterocycles. The van der Waals surface area contributed by atoms with Gasteiger partial charge >= 0.3 is 12.0 Å². The summed E-state index contributed by atoms with van der Waals surface area (Å²) in [6.45, 7) is 2.43. The lowest BCUT2D eigenvalue weighted by Gasteiger charge is -2.05. The minimum atomic E-state index is -3.29. The molecule has 0 aliphatic carbocycles. The van der Waals surface area contributed by atoms with Crippen LogP contribution in [-0.2, 0) is 19.4 Å². The minimum absolute atomic E-state index is 0.249. The summed E-state index contributed by atoms with van der Waals surface area (Å²) in [5.74, 6) is -0.284. The topological polar surface area (TPSA) is 114 Å². The number of urea groups is 1. The van der Waals surface area contributed by atoms with E-state index in [1.807, 2.05) is 24.3 Å². The van der Waals surface area contributed by atoms with E-state index in [-0.39, 0.29) is 17.3 Å². The van der Waals surface area contributed by atoms with Crippen LogP contribution in [0.2, 0.25) is 0 Å². The number of hydrogen-bond acceptors (Lipinski definition) is 7. The maximum Gasteiger partial charge on any atom is 0.321 e. The van der Waals surface area contributed by atoms with Gasteiger partial charge in [-0.1, -0.05) is 29.5 Å².